The molecule has 0 saturated carbocycles. The minimum atomic E-state index is -0.547. The van der Waals surface area contributed by atoms with Gasteiger partial charge in [0, 0.05) is 0 Å². The normalized spacial score (nSPS) is 15.4. The van der Waals surface area contributed by atoms with Gasteiger partial charge in [0.2, 0.25) is 0 Å². The number of hydrogen-bond donors (Lipinski definition) is 3. The summed E-state index contributed by atoms with van der Waals surface area (Å²) in [6, 6.07) is -0.371. The predicted octanol–water partition coefficient (Wildman–Crippen LogP) is 1.03. The van der Waals surface area contributed by atoms with Crippen molar-refractivity contribution in [3.63, 3.8) is 0 Å². The molecule has 0 aliphatic heterocycles. The zero-order valence-electron chi connectivity index (χ0n) is 10.5. The van der Waals surface area contributed by atoms with Crippen molar-refractivity contribution in [3.05, 3.63) is 0 Å². The molecular weight excluding hydrogens is 210 g/mol. The Labute approximate surface area is 96.8 Å². The van der Waals surface area contributed by atoms with E-state index in [9.17, 15) is 4.79 Å². The lowest BCUT2D eigenvalue weighted by Crippen LogP contribution is -2.41. The van der Waals surface area contributed by atoms with Crippen molar-refractivity contribution in [1.82, 2.24) is 5.32 Å². The van der Waals surface area contributed by atoms with Gasteiger partial charge in [-0.25, -0.2) is 4.79 Å². The lowest BCUT2D eigenvalue weighted by atomic mass is 10.1. The standard InChI is InChI=1S/C11H23NO4/c1-8(14)5-6-9(7-13)12-10(15)16-11(2,3)4/h8-9,13-14H,5-7H2,1-4H3,(H,12,15). The smallest absolute Gasteiger partial charge is 0.407 e. The summed E-state index contributed by atoms with van der Waals surface area (Å²) in [5.41, 5.74) is -0.547. The number of amides is 1. The molecule has 0 radical (unpaired) electrons. The Hall–Kier alpha value is -0.810. The van der Waals surface area contributed by atoms with Gasteiger partial charge in [0.15, 0.2) is 0 Å². The molecule has 0 aromatic rings. The fraction of sp³-hybridized carbons (Fsp3) is 0.909. The van der Waals surface area contributed by atoms with Crippen LogP contribution >= 0.6 is 0 Å². The second-order valence-corrected chi connectivity index (χ2v) is 4.95. The number of carbonyl (C=O) groups is 1. The van der Waals surface area contributed by atoms with Gasteiger partial charge >= 0.3 is 6.09 Å². The van der Waals surface area contributed by atoms with Gasteiger partial charge in [-0.05, 0) is 40.5 Å². The van der Waals surface area contributed by atoms with E-state index in [1.807, 2.05) is 0 Å². The highest BCUT2D eigenvalue weighted by Crippen LogP contribution is 2.08. The maximum Gasteiger partial charge on any atom is 0.407 e. The first-order valence-corrected chi connectivity index (χ1v) is 5.53. The van der Waals surface area contributed by atoms with Crippen LogP contribution in [0.3, 0.4) is 0 Å². The molecular formula is C11H23NO4. The van der Waals surface area contributed by atoms with Gasteiger partial charge in [-0.15, -0.1) is 0 Å². The van der Waals surface area contributed by atoms with E-state index in [1.165, 1.54) is 0 Å². The van der Waals surface area contributed by atoms with Crippen LogP contribution in [-0.2, 0) is 4.74 Å². The van der Waals surface area contributed by atoms with E-state index < -0.39 is 17.8 Å². The topological polar surface area (TPSA) is 78.8 Å². The first kappa shape index (κ1) is 15.2. The van der Waals surface area contributed by atoms with Gasteiger partial charge in [0.1, 0.15) is 5.60 Å². The van der Waals surface area contributed by atoms with E-state index in [2.05, 4.69) is 5.32 Å². The molecule has 1 amide bonds. The van der Waals surface area contributed by atoms with Crippen molar-refractivity contribution in [1.29, 1.82) is 0 Å². The molecule has 0 heterocycles. The third-order valence-corrected chi connectivity index (χ3v) is 1.87. The third kappa shape index (κ3) is 8.49. The largest absolute Gasteiger partial charge is 0.444 e. The second-order valence-electron chi connectivity index (χ2n) is 4.95. The first-order valence-electron chi connectivity index (χ1n) is 5.53. The van der Waals surface area contributed by atoms with Crippen LogP contribution in [0.25, 0.3) is 0 Å². The molecule has 2 unspecified atom stereocenters. The van der Waals surface area contributed by atoms with Gasteiger partial charge in [-0.3, -0.25) is 0 Å². The number of alkyl carbamates (subject to hydrolysis) is 1. The number of hydrogen-bond acceptors (Lipinski definition) is 4. The Morgan fingerprint density at radius 2 is 1.94 bits per heavy atom. The second kappa shape index (κ2) is 6.70. The summed E-state index contributed by atoms with van der Waals surface area (Å²) in [6.45, 7) is 6.83. The molecule has 0 aliphatic carbocycles. The Balaban J connectivity index is 3.97. The van der Waals surface area contributed by atoms with E-state index >= 15 is 0 Å². The lowest BCUT2D eigenvalue weighted by Gasteiger charge is -2.23. The van der Waals surface area contributed by atoms with Crippen LogP contribution in [0, 0.1) is 0 Å². The molecule has 0 bridgehead atoms. The molecule has 0 fully saturated rings. The van der Waals surface area contributed by atoms with Crippen LogP contribution in [0.2, 0.25) is 0 Å². The van der Waals surface area contributed by atoms with Crippen molar-refractivity contribution < 1.29 is 19.7 Å². The van der Waals surface area contributed by atoms with Crippen LogP contribution in [0.15, 0.2) is 0 Å². The Morgan fingerprint density at radius 3 is 2.31 bits per heavy atom. The van der Waals surface area contributed by atoms with Gasteiger partial charge in [-0.1, -0.05) is 0 Å². The Kier molecular flexibility index (Phi) is 6.36. The maximum absolute atomic E-state index is 11.4. The minimum Gasteiger partial charge on any atom is -0.444 e. The maximum atomic E-state index is 11.4. The lowest BCUT2D eigenvalue weighted by molar-refractivity contribution is 0.0471. The number of aliphatic hydroxyl groups is 2. The zero-order chi connectivity index (χ0) is 12.8. The molecule has 0 rings (SSSR count). The molecule has 3 N–H and O–H groups in total. The number of carbonyl (C=O) groups excluding carboxylic acids is 1. The van der Waals surface area contributed by atoms with E-state index in [-0.39, 0.29) is 12.6 Å². The fourth-order valence-corrected chi connectivity index (χ4v) is 1.13. The van der Waals surface area contributed by atoms with Crippen LogP contribution in [-0.4, -0.2) is 40.7 Å². The molecule has 0 spiro atoms. The van der Waals surface area contributed by atoms with Crippen LogP contribution in [0.5, 0.6) is 0 Å². The zero-order valence-corrected chi connectivity index (χ0v) is 10.5. The number of rotatable bonds is 5. The van der Waals surface area contributed by atoms with Crippen LogP contribution < -0.4 is 5.32 Å². The van der Waals surface area contributed by atoms with Crippen molar-refractivity contribution >= 4 is 6.09 Å². The van der Waals surface area contributed by atoms with Crippen molar-refractivity contribution in [2.45, 2.75) is 58.3 Å². The highest BCUT2D eigenvalue weighted by atomic mass is 16.6. The molecule has 0 aromatic heterocycles. The molecule has 0 saturated heterocycles. The van der Waals surface area contributed by atoms with Gasteiger partial charge in [-0.2, -0.15) is 0 Å². The quantitative estimate of drug-likeness (QED) is 0.662. The molecule has 0 aliphatic rings. The average molecular weight is 233 g/mol. The van der Waals surface area contributed by atoms with Gasteiger partial charge in [0.25, 0.3) is 0 Å². The number of ether oxygens (including phenoxy) is 1. The molecule has 16 heavy (non-hydrogen) atoms. The minimum absolute atomic E-state index is 0.161. The molecule has 5 heteroatoms. The Morgan fingerprint density at radius 1 is 1.38 bits per heavy atom. The van der Waals surface area contributed by atoms with Gasteiger partial charge in [0.05, 0.1) is 18.8 Å². The summed E-state index contributed by atoms with van der Waals surface area (Å²) in [5.74, 6) is 0. The van der Waals surface area contributed by atoms with Crippen molar-refractivity contribution in [2.75, 3.05) is 6.61 Å². The van der Waals surface area contributed by atoms with E-state index in [1.54, 1.807) is 27.7 Å². The third-order valence-electron chi connectivity index (χ3n) is 1.87. The van der Waals surface area contributed by atoms with Crippen LogP contribution in [0.1, 0.15) is 40.5 Å². The first-order chi connectivity index (χ1) is 7.24. The van der Waals surface area contributed by atoms with E-state index in [4.69, 9.17) is 14.9 Å². The predicted molar refractivity (Wildman–Crippen MR) is 61.2 cm³/mol. The number of nitrogens with one attached hydrogen (secondary N) is 1. The Bertz CT molecular complexity index is 211. The fourth-order valence-electron chi connectivity index (χ4n) is 1.13. The molecule has 5 nitrogen and oxygen atoms in total. The number of aliphatic hydroxyl groups excluding tert-OH is 2. The van der Waals surface area contributed by atoms with Crippen molar-refractivity contribution in [2.24, 2.45) is 0 Å². The van der Waals surface area contributed by atoms with E-state index in [0.29, 0.717) is 12.8 Å². The molecule has 2 atom stereocenters. The average Bonchev–Trinajstić information content (AvgIpc) is 2.08. The van der Waals surface area contributed by atoms with E-state index in [0.717, 1.165) is 0 Å². The van der Waals surface area contributed by atoms with Crippen molar-refractivity contribution in [3.8, 4) is 0 Å². The monoisotopic (exact) mass is 233 g/mol. The summed E-state index contributed by atoms with van der Waals surface area (Å²) in [5, 5.41) is 20.7. The summed E-state index contributed by atoms with van der Waals surface area (Å²) >= 11 is 0. The highest BCUT2D eigenvalue weighted by Gasteiger charge is 2.19. The summed E-state index contributed by atoms with van der Waals surface area (Å²) in [7, 11) is 0. The molecule has 96 valence electrons. The summed E-state index contributed by atoms with van der Waals surface area (Å²) in [6.07, 6.45) is 0.0701. The molecule has 0 aromatic carbocycles. The summed E-state index contributed by atoms with van der Waals surface area (Å²) in [4.78, 5) is 11.4. The highest BCUT2D eigenvalue weighted by molar-refractivity contribution is 5.68. The van der Waals surface area contributed by atoms with Crippen LogP contribution in [0.4, 0.5) is 4.79 Å². The van der Waals surface area contributed by atoms with Gasteiger partial charge < -0.3 is 20.3 Å². The SMILES string of the molecule is CC(O)CCC(CO)NC(=O)OC(C)(C)C. The summed E-state index contributed by atoms with van der Waals surface area (Å²) < 4.78 is 5.05.